The van der Waals surface area contributed by atoms with E-state index in [1.165, 1.54) is 11.1 Å². The van der Waals surface area contributed by atoms with Gasteiger partial charge >= 0.3 is 0 Å². The number of benzene rings is 2. The molecule has 0 nitrogen and oxygen atoms in total. The Morgan fingerprint density at radius 3 is 1.28 bits per heavy atom. The van der Waals surface area contributed by atoms with Crippen molar-refractivity contribution < 1.29 is 0 Å². The predicted octanol–water partition coefficient (Wildman–Crippen LogP) is 5.21. The van der Waals surface area contributed by atoms with Gasteiger partial charge < -0.3 is 0 Å². The van der Waals surface area contributed by atoms with Gasteiger partial charge in [0.05, 0.1) is 0 Å². The normalized spacial score (nSPS) is 10.8. The van der Waals surface area contributed by atoms with Gasteiger partial charge in [0, 0.05) is 5.41 Å². The molecule has 0 fully saturated rings. The number of rotatable bonds is 4. The molecule has 0 saturated carbocycles. The first-order valence-corrected chi connectivity index (χ1v) is 6.44. The summed E-state index contributed by atoms with van der Waals surface area (Å²) >= 11 is 0. The Morgan fingerprint density at radius 2 is 1.00 bits per heavy atom. The first-order valence-electron chi connectivity index (χ1n) is 6.44. The molecule has 0 aliphatic heterocycles. The van der Waals surface area contributed by atoms with Crippen LogP contribution >= 0.6 is 12.4 Å². The summed E-state index contributed by atoms with van der Waals surface area (Å²) in [5.74, 6) is 0. The van der Waals surface area contributed by atoms with E-state index in [4.69, 9.17) is 0 Å². The summed E-state index contributed by atoms with van der Waals surface area (Å²) in [6.45, 7) is 4.56. The van der Waals surface area contributed by atoms with Gasteiger partial charge in [0.1, 0.15) is 0 Å². The molecule has 0 heterocycles. The van der Waals surface area contributed by atoms with Crippen LogP contribution in [0.5, 0.6) is 0 Å². The Kier molecular flexibility index (Phi) is 5.43. The lowest BCUT2D eigenvalue weighted by Crippen LogP contribution is -2.25. The molecule has 0 aliphatic carbocycles. The number of hydrogen-bond acceptors (Lipinski definition) is 0. The van der Waals surface area contributed by atoms with Crippen molar-refractivity contribution in [3.63, 3.8) is 0 Å². The summed E-state index contributed by atoms with van der Waals surface area (Å²) < 4.78 is 0. The van der Waals surface area contributed by atoms with E-state index in [0.29, 0.717) is 0 Å². The van der Waals surface area contributed by atoms with Crippen molar-refractivity contribution in [2.24, 2.45) is 0 Å². The van der Waals surface area contributed by atoms with Crippen LogP contribution in [0.4, 0.5) is 0 Å². The molecule has 0 unspecified atom stereocenters. The minimum absolute atomic E-state index is 0. The maximum Gasteiger partial charge on any atom is 0.0197 e. The van der Waals surface area contributed by atoms with Crippen molar-refractivity contribution in [3.05, 3.63) is 71.8 Å². The molecule has 0 N–H and O–H groups in total. The summed E-state index contributed by atoms with van der Waals surface area (Å²) in [6, 6.07) is 21.7. The lowest BCUT2D eigenvalue weighted by molar-refractivity contribution is 0.478. The third kappa shape index (κ3) is 2.59. The van der Waals surface area contributed by atoms with E-state index >= 15 is 0 Å². The van der Waals surface area contributed by atoms with Crippen molar-refractivity contribution in [2.75, 3.05) is 0 Å². The highest BCUT2D eigenvalue weighted by atomic mass is 35.5. The molecule has 0 saturated heterocycles. The molecule has 2 rings (SSSR count). The van der Waals surface area contributed by atoms with Gasteiger partial charge in [-0.15, -0.1) is 12.4 Å². The van der Waals surface area contributed by atoms with Crippen LogP contribution in [0.1, 0.15) is 37.8 Å². The fourth-order valence-electron chi connectivity index (χ4n) is 2.75. The molecular weight excluding hydrogens is 240 g/mol. The van der Waals surface area contributed by atoms with E-state index in [1.54, 1.807) is 0 Å². The molecule has 2 aromatic carbocycles. The first kappa shape index (κ1) is 14.8. The maximum absolute atomic E-state index is 2.28. The van der Waals surface area contributed by atoms with Crippen LogP contribution in [0.25, 0.3) is 0 Å². The third-order valence-corrected chi connectivity index (χ3v) is 3.86. The van der Waals surface area contributed by atoms with Crippen LogP contribution < -0.4 is 0 Å². The van der Waals surface area contributed by atoms with Gasteiger partial charge in [-0.2, -0.15) is 0 Å². The Bertz CT molecular complexity index is 402. The molecule has 1 heteroatoms. The van der Waals surface area contributed by atoms with Crippen molar-refractivity contribution >= 4 is 12.4 Å². The molecule has 0 radical (unpaired) electrons. The quantitative estimate of drug-likeness (QED) is 0.708. The number of hydrogen-bond donors (Lipinski definition) is 0. The molecular formula is C17H21Cl. The summed E-state index contributed by atoms with van der Waals surface area (Å²) in [4.78, 5) is 0. The fraction of sp³-hybridized carbons (Fsp3) is 0.294. The zero-order chi connectivity index (χ0) is 12.1. The second-order valence-electron chi connectivity index (χ2n) is 4.52. The lowest BCUT2D eigenvalue weighted by atomic mass is 9.71. The second-order valence-corrected chi connectivity index (χ2v) is 4.52. The van der Waals surface area contributed by atoms with Crippen LogP contribution in [0.15, 0.2) is 60.7 Å². The molecule has 0 spiro atoms. The largest absolute Gasteiger partial charge is 0.147 e. The van der Waals surface area contributed by atoms with Gasteiger partial charge in [0.2, 0.25) is 0 Å². The second kappa shape index (κ2) is 6.61. The molecule has 0 amide bonds. The van der Waals surface area contributed by atoms with Crippen LogP contribution in [-0.4, -0.2) is 0 Å². The van der Waals surface area contributed by atoms with E-state index < -0.39 is 0 Å². The van der Waals surface area contributed by atoms with Crippen molar-refractivity contribution in [2.45, 2.75) is 32.1 Å². The Labute approximate surface area is 116 Å². The topological polar surface area (TPSA) is 0 Å². The first-order chi connectivity index (χ1) is 8.33. The number of halogens is 1. The van der Waals surface area contributed by atoms with Crippen molar-refractivity contribution in [1.29, 1.82) is 0 Å². The monoisotopic (exact) mass is 260 g/mol. The smallest absolute Gasteiger partial charge is 0.0197 e. The molecule has 0 bridgehead atoms. The Morgan fingerprint density at radius 1 is 0.667 bits per heavy atom. The highest BCUT2D eigenvalue weighted by molar-refractivity contribution is 5.85. The van der Waals surface area contributed by atoms with Gasteiger partial charge in [-0.1, -0.05) is 74.5 Å². The highest BCUT2D eigenvalue weighted by Gasteiger charge is 2.29. The predicted molar refractivity (Wildman–Crippen MR) is 81.5 cm³/mol. The zero-order valence-electron chi connectivity index (χ0n) is 11.1. The van der Waals surface area contributed by atoms with Crippen LogP contribution in [0.2, 0.25) is 0 Å². The average molecular weight is 261 g/mol. The Hall–Kier alpha value is -1.27. The van der Waals surface area contributed by atoms with Gasteiger partial charge in [-0.3, -0.25) is 0 Å². The maximum atomic E-state index is 2.28. The van der Waals surface area contributed by atoms with Gasteiger partial charge in [0.15, 0.2) is 0 Å². The standard InChI is InChI=1S/C17H20.ClH/c1-3-17(4-2,15-11-7-5-8-12-15)16-13-9-6-10-14-16;/h5-14H,3-4H2,1-2H3;1H. The third-order valence-electron chi connectivity index (χ3n) is 3.86. The molecule has 18 heavy (non-hydrogen) atoms. The van der Waals surface area contributed by atoms with Crippen molar-refractivity contribution in [1.82, 2.24) is 0 Å². The van der Waals surface area contributed by atoms with Gasteiger partial charge in [-0.05, 0) is 24.0 Å². The van der Waals surface area contributed by atoms with E-state index in [2.05, 4.69) is 74.5 Å². The van der Waals surface area contributed by atoms with Crippen LogP contribution in [0.3, 0.4) is 0 Å². The molecule has 0 atom stereocenters. The summed E-state index contributed by atoms with van der Waals surface area (Å²) in [7, 11) is 0. The average Bonchev–Trinajstić information content (AvgIpc) is 2.43. The summed E-state index contributed by atoms with van der Waals surface area (Å²) in [5, 5.41) is 0. The highest BCUT2D eigenvalue weighted by Crippen LogP contribution is 2.38. The molecule has 2 aromatic rings. The van der Waals surface area contributed by atoms with Crippen molar-refractivity contribution in [3.8, 4) is 0 Å². The van der Waals surface area contributed by atoms with E-state index in [-0.39, 0.29) is 17.8 Å². The van der Waals surface area contributed by atoms with Gasteiger partial charge in [-0.25, -0.2) is 0 Å². The SMILES string of the molecule is CCC(CC)(c1ccccc1)c1ccccc1.Cl. The molecule has 96 valence electrons. The van der Waals surface area contributed by atoms with E-state index in [0.717, 1.165) is 12.8 Å². The summed E-state index contributed by atoms with van der Waals surface area (Å²) in [5.41, 5.74) is 3.02. The van der Waals surface area contributed by atoms with Gasteiger partial charge in [0.25, 0.3) is 0 Å². The molecule has 0 aromatic heterocycles. The molecule has 0 aliphatic rings. The lowest BCUT2D eigenvalue weighted by Gasteiger charge is -2.33. The summed E-state index contributed by atoms with van der Waals surface area (Å²) in [6.07, 6.45) is 2.27. The zero-order valence-corrected chi connectivity index (χ0v) is 11.9. The van der Waals surface area contributed by atoms with Crippen LogP contribution in [-0.2, 0) is 5.41 Å². The van der Waals surface area contributed by atoms with E-state index in [1.807, 2.05) is 0 Å². The fourth-order valence-corrected chi connectivity index (χ4v) is 2.75. The minimum Gasteiger partial charge on any atom is -0.147 e. The van der Waals surface area contributed by atoms with E-state index in [9.17, 15) is 0 Å². The van der Waals surface area contributed by atoms with Crippen LogP contribution in [0, 0.1) is 0 Å². The Balaban J connectivity index is 0.00000162. The minimum atomic E-state index is 0.